The Morgan fingerprint density at radius 3 is 2.75 bits per heavy atom. The summed E-state index contributed by atoms with van der Waals surface area (Å²) < 4.78 is 1.90. The molecule has 7 heteroatoms. The van der Waals surface area contributed by atoms with E-state index in [1.54, 1.807) is 0 Å². The highest BCUT2D eigenvalue weighted by Gasteiger charge is 2.26. The van der Waals surface area contributed by atoms with Crippen molar-refractivity contribution in [2.75, 3.05) is 11.4 Å². The van der Waals surface area contributed by atoms with Crippen LogP contribution in [-0.4, -0.2) is 32.2 Å². The van der Waals surface area contributed by atoms with Crippen molar-refractivity contribution in [1.29, 1.82) is 0 Å². The summed E-state index contributed by atoms with van der Waals surface area (Å²) in [5.74, 6) is 0.935. The maximum Gasteiger partial charge on any atom is 0.253 e. The average Bonchev–Trinajstić information content (AvgIpc) is 3.22. The highest BCUT2D eigenvalue weighted by atomic mass is 16.1. The number of aromatic nitrogens is 4. The van der Waals surface area contributed by atoms with Gasteiger partial charge in [-0.05, 0) is 42.7 Å². The molecule has 0 fully saturated rings. The van der Waals surface area contributed by atoms with E-state index < -0.39 is 0 Å². The van der Waals surface area contributed by atoms with Gasteiger partial charge in [-0.3, -0.25) is 14.5 Å². The summed E-state index contributed by atoms with van der Waals surface area (Å²) in [6.45, 7) is 6.25. The van der Waals surface area contributed by atoms with Gasteiger partial charge in [0.25, 0.3) is 5.91 Å². The molecule has 0 unspecified atom stereocenters. The number of nitrogens with one attached hydrogen (secondary N) is 1. The Bertz CT molecular complexity index is 1100. The third-order valence-corrected chi connectivity index (χ3v) is 5.66. The number of rotatable bonds is 2. The van der Waals surface area contributed by atoms with E-state index >= 15 is 0 Å². The van der Waals surface area contributed by atoms with Gasteiger partial charge in [0.05, 0.1) is 29.7 Å². The number of nitrogens with zero attached hydrogens (tertiary/aromatic N) is 5. The van der Waals surface area contributed by atoms with Crippen LogP contribution in [0, 0.1) is 13.8 Å². The first kappa shape index (κ1) is 16.9. The van der Waals surface area contributed by atoms with Gasteiger partial charge in [0.15, 0.2) is 0 Å². The smallest absolute Gasteiger partial charge is 0.253 e. The molecule has 0 spiro atoms. The molecule has 3 aromatic heterocycles. The number of carbonyl (C=O) groups is 1. The largest absolute Gasteiger partial charge is 0.352 e. The fourth-order valence-corrected chi connectivity index (χ4v) is 4.25. The van der Waals surface area contributed by atoms with Crippen molar-refractivity contribution in [2.45, 2.75) is 33.4 Å². The number of carbonyl (C=O) groups excluding carboxylic acids is 1. The zero-order valence-electron chi connectivity index (χ0n) is 16.3. The van der Waals surface area contributed by atoms with Crippen molar-refractivity contribution in [3.63, 3.8) is 0 Å². The van der Waals surface area contributed by atoms with Crippen molar-refractivity contribution in [3.8, 4) is 11.3 Å². The maximum atomic E-state index is 11.9. The molecule has 0 atom stereocenters. The first-order valence-corrected chi connectivity index (χ1v) is 9.51. The summed E-state index contributed by atoms with van der Waals surface area (Å²) in [5.41, 5.74) is 8.28. The van der Waals surface area contributed by atoms with Crippen molar-refractivity contribution < 1.29 is 4.79 Å². The van der Waals surface area contributed by atoms with Crippen molar-refractivity contribution in [1.82, 2.24) is 25.1 Å². The van der Waals surface area contributed by atoms with E-state index in [-0.39, 0.29) is 5.91 Å². The third-order valence-electron chi connectivity index (χ3n) is 5.66. The van der Waals surface area contributed by atoms with Crippen LogP contribution >= 0.6 is 0 Å². The number of fused-ring (bicyclic) bond motifs is 2. The van der Waals surface area contributed by atoms with Gasteiger partial charge in [-0.2, -0.15) is 5.10 Å². The molecule has 142 valence electrons. The SMILES string of the molecule is Cc1cc2c(nc1N1CCc3ncc(-c4c(C)cnn4C)cc3C1)CNC2=O. The molecule has 0 radical (unpaired) electrons. The molecule has 7 nitrogen and oxygen atoms in total. The molecule has 5 heterocycles. The van der Waals surface area contributed by atoms with E-state index in [0.717, 1.165) is 59.1 Å². The van der Waals surface area contributed by atoms with E-state index in [1.807, 2.05) is 37.1 Å². The lowest BCUT2D eigenvalue weighted by Crippen LogP contribution is -2.32. The van der Waals surface area contributed by atoms with Crippen LogP contribution in [-0.2, 0) is 26.6 Å². The Labute approximate surface area is 163 Å². The van der Waals surface area contributed by atoms with Crippen LogP contribution in [0.5, 0.6) is 0 Å². The molecule has 0 aliphatic carbocycles. The molecule has 5 rings (SSSR count). The molecule has 0 saturated heterocycles. The molecule has 2 aliphatic rings. The Morgan fingerprint density at radius 1 is 1.11 bits per heavy atom. The van der Waals surface area contributed by atoms with Crippen LogP contribution in [0.25, 0.3) is 11.3 Å². The zero-order valence-corrected chi connectivity index (χ0v) is 16.3. The third kappa shape index (κ3) is 2.58. The zero-order chi connectivity index (χ0) is 19.4. The van der Waals surface area contributed by atoms with Crippen LogP contribution in [0.4, 0.5) is 5.82 Å². The van der Waals surface area contributed by atoms with Gasteiger partial charge in [0.1, 0.15) is 5.82 Å². The lowest BCUT2D eigenvalue weighted by molar-refractivity contribution is 0.0965. The topological polar surface area (TPSA) is 75.9 Å². The monoisotopic (exact) mass is 374 g/mol. The minimum Gasteiger partial charge on any atom is -0.352 e. The predicted molar refractivity (Wildman–Crippen MR) is 106 cm³/mol. The van der Waals surface area contributed by atoms with E-state index in [9.17, 15) is 4.79 Å². The Kier molecular flexibility index (Phi) is 3.72. The first-order chi connectivity index (χ1) is 13.5. The summed E-state index contributed by atoms with van der Waals surface area (Å²) in [7, 11) is 1.96. The summed E-state index contributed by atoms with van der Waals surface area (Å²) in [5, 5.41) is 7.21. The van der Waals surface area contributed by atoms with Gasteiger partial charge in [0, 0.05) is 44.0 Å². The van der Waals surface area contributed by atoms with Crippen molar-refractivity contribution in [2.24, 2.45) is 7.05 Å². The van der Waals surface area contributed by atoms with Gasteiger partial charge in [-0.1, -0.05) is 0 Å². The summed E-state index contributed by atoms with van der Waals surface area (Å²) >= 11 is 0. The van der Waals surface area contributed by atoms with Gasteiger partial charge in [0.2, 0.25) is 0 Å². The number of hydrogen-bond donors (Lipinski definition) is 1. The molecule has 0 bridgehead atoms. The van der Waals surface area contributed by atoms with Gasteiger partial charge in [-0.25, -0.2) is 4.98 Å². The second-order valence-corrected chi connectivity index (χ2v) is 7.61. The lowest BCUT2D eigenvalue weighted by atomic mass is 10.0. The molecule has 28 heavy (non-hydrogen) atoms. The van der Waals surface area contributed by atoms with E-state index in [0.29, 0.717) is 12.1 Å². The number of hydrogen-bond acceptors (Lipinski definition) is 5. The highest BCUT2D eigenvalue weighted by Crippen LogP contribution is 2.30. The number of aryl methyl sites for hydroxylation is 3. The summed E-state index contributed by atoms with van der Waals surface area (Å²) in [4.78, 5) is 23.7. The number of anilines is 1. The number of pyridine rings is 2. The van der Waals surface area contributed by atoms with Crippen molar-refractivity contribution in [3.05, 3.63) is 58.2 Å². The fraction of sp³-hybridized carbons (Fsp3) is 0.333. The van der Waals surface area contributed by atoms with E-state index in [4.69, 9.17) is 9.97 Å². The molecule has 3 aromatic rings. The molecule has 0 saturated carbocycles. The standard InChI is InChI=1S/C21H22N6O/c1-12-6-16-18(10-23-21(16)28)25-20(12)27-5-4-17-15(11-27)7-14(9-22-17)19-13(2)8-24-26(19)3/h6-9H,4-5,10-11H2,1-3H3,(H,23,28). The van der Waals surface area contributed by atoms with Crippen LogP contribution in [0.3, 0.4) is 0 Å². The first-order valence-electron chi connectivity index (χ1n) is 9.51. The van der Waals surface area contributed by atoms with Crippen LogP contribution < -0.4 is 10.2 Å². The molecule has 1 amide bonds. The minimum atomic E-state index is -0.0264. The highest BCUT2D eigenvalue weighted by molar-refractivity contribution is 5.98. The van der Waals surface area contributed by atoms with Gasteiger partial charge >= 0.3 is 0 Å². The fourth-order valence-electron chi connectivity index (χ4n) is 4.25. The summed E-state index contributed by atoms with van der Waals surface area (Å²) in [6, 6.07) is 4.19. The second-order valence-electron chi connectivity index (χ2n) is 7.61. The lowest BCUT2D eigenvalue weighted by Gasteiger charge is -2.31. The molecule has 1 N–H and O–H groups in total. The van der Waals surface area contributed by atoms with E-state index in [2.05, 4.69) is 28.3 Å². The van der Waals surface area contributed by atoms with E-state index in [1.165, 1.54) is 5.56 Å². The number of amides is 1. The predicted octanol–water partition coefficient (Wildman–Crippen LogP) is 2.30. The second kappa shape index (κ2) is 6.15. The molecular weight excluding hydrogens is 352 g/mol. The van der Waals surface area contributed by atoms with Gasteiger partial charge in [-0.15, -0.1) is 0 Å². The Hall–Kier alpha value is -3.22. The molecule has 2 aliphatic heterocycles. The summed E-state index contributed by atoms with van der Waals surface area (Å²) in [6.07, 6.45) is 4.72. The minimum absolute atomic E-state index is 0.0264. The molecule has 0 aromatic carbocycles. The molecular formula is C21H22N6O. The Balaban J connectivity index is 1.50. The quantitative estimate of drug-likeness (QED) is 0.745. The normalized spacial score (nSPS) is 15.4. The van der Waals surface area contributed by atoms with Gasteiger partial charge < -0.3 is 10.2 Å². The van der Waals surface area contributed by atoms with Crippen LogP contribution in [0.1, 0.15) is 38.4 Å². The van der Waals surface area contributed by atoms with Crippen LogP contribution in [0.2, 0.25) is 0 Å². The Morgan fingerprint density at radius 2 is 1.96 bits per heavy atom. The van der Waals surface area contributed by atoms with Crippen LogP contribution in [0.15, 0.2) is 24.5 Å². The average molecular weight is 374 g/mol. The van der Waals surface area contributed by atoms with Crippen molar-refractivity contribution >= 4 is 11.7 Å². The maximum absolute atomic E-state index is 11.9.